The van der Waals surface area contributed by atoms with Gasteiger partial charge in [0.05, 0.1) is 0 Å². The van der Waals surface area contributed by atoms with Gasteiger partial charge in [-0.2, -0.15) is 0 Å². The average Bonchev–Trinajstić information content (AvgIpc) is 2.85. The average molecular weight is 283 g/mol. The Hall–Kier alpha value is -1.59. The van der Waals surface area contributed by atoms with E-state index in [1.54, 1.807) is 11.9 Å². The van der Waals surface area contributed by atoms with E-state index < -0.39 is 11.5 Å². The third-order valence-corrected chi connectivity index (χ3v) is 3.39. The SMILES string of the molecule is CNC(=O)CCNC(=O)C1CCCN1C(=O)C(C)(C)C. The van der Waals surface area contributed by atoms with Gasteiger partial charge in [-0.05, 0) is 12.8 Å². The van der Waals surface area contributed by atoms with Gasteiger partial charge in [0.2, 0.25) is 17.7 Å². The molecule has 0 saturated carbocycles. The van der Waals surface area contributed by atoms with Crippen LogP contribution in [0.3, 0.4) is 0 Å². The highest BCUT2D eigenvalue weighted by Gasteiger charge is 2.38. The van der Waals surface area contributed by atoms with Crippen LogP contribution < -0.4 is 10.6 Å². The topological polar surface area (TPSA) is 78.5 Å². The smallest absolute Gasteiger partial charge is 0.242 e. The Kier molecular flexibility index (Phi) is 5.53. The third kappa shape index (κ3) is 4.21. The monoisotopic (exact) mass is 283 g/mol. The van der Waals surface area contributed by atoms with Crippen molar-refractivity contribution in [2.24, 2.45) is 5.41 Å². The van der Waals surface area contributed by atoms with Crippen LogP contribution in [0.5, 0.6) is 0 Å². The second-order valence-electron chi connectivity index (χ2n) is 6.12. The second kappa shape index (κ2) is 6.72. The minimum atomic E-state index is -0.481. The molecule has 0 aromatic rings. The molecule has 0 aromatic carbocycles. The van der Waals surface area contributed by atoms with E-state index in [1.165, 1.54) is 0 Å². The molecule has 1 unspecified atom stereocenters. The zero-order chi connectivity index (χ0) is 15.3. The number of nitrogens with zero attached hydrogens (tertiary/aromatic N) is 1. The normalized spacial score (nSPS) is 18.8. The summed E-state index contributed by atoms with van der Waals surface area (Å²) in [5, 5.41) is 5.23. The van der Waals surface area contributed by atoms with Gasteiger partial charge in [-0.3, -0.25) is 14.4 Å². The maximum absolute atomic E-state index is 12.3. The van der Waals surface area contributed by atoms with Gasteiger partial charge in [0.1, 0.15) is 6.04 Å². The molecule has 1 aliphatic heterocycles. The van der Waals surface area contributed by atoms with Crippen LogP contribution in [0.4, 0.5) is 0 Å². The Labute approximate surface area is 120 Å². The van der Waals surface area contributed by atoms with Gasteiger partial charge >= 0.3 is 0 Å². The summed E-state index contributed by atoms with van der Waals surface area (Å²) in [5.41, 5.74) is -0.481. The van der Waals surface area contributed by atoms with Crippen molar-refractivity contribution in [2.75, 3.05) is 20.1 Å². The Bertz CT molecular complexity index is 388. The molecule has 1 rings (SSSR count). The number of hydrogen-bond acceptors (Lipinski definition) is 3. The van der Waals surface area contributed by atoms with Gasteiger partial charge in [0.25, 0.3) is 0 Å². The zero-order valence-corrected chi connectivity index (χ0v) is 12.8. The molecule has 6 nitrogen and oxygen atoms in total. The van der Waals surface area contributed by atoms with Gasteiger partial charge < -0.3 is 15.5 Å². The fourth-order valence-corrected chi connectivity index (χ4v) is 2.26. The Morgan fingerprint density at radius 1 is 1.25 bits per heavy atom. The molecule has 1 fully saturated rings. The summed E-state index contributed by atoms with van der Waals surface area (Å²) >= 11 is 0. The number of likely N-dealkylation sites (tertiary alicyclic amines) is 1. The molecule has 1 atom stereocenters. The summed E-state index contributed by atoms with van der Waals surface area (Å²) in [4.78, 5) is 37.2. The van der Waals surface area contributed by atoms with Crippen molar-refractivity contribution in [3.8, 4) is 0 Å². The molecule has 20 heavy (non-hydrogen) atoms. The van der Waals surface area contributed by atoms with Crippen LogP contribution in [0.25, 0.3) is 0 Å². The summed E-state index contributed by atoms with van der Waals surface area (Å²) in [7, 11) is 1.56. The number of carbonyl (C=O) groups is 3. The fraction of sp³-hybridized carbons (Fsp3) is 0.786. The lowest BCUT2D eigenvalue weighted by Crippen LogP contribution is -2.49. The Morgan fingerprint density at radius 2 is 1.90 bits per heavy atom. The number of nitrogens with one attached hydrogen (secondary N) is 2. The van der Waals surface area contributed by atoms with E-state index in [4.69, 9.17) is 0 Å². The van der Waals surface area contributed by atoms with E-state index in [-0.39, 0.29) is 24.1 Å². The van der Waals surface area contributed by atoms with Gasteiger partial charge in [0, 0.05) is 32.0 Å². The van der Waals surface area contributed by atoms with E-state index in [0.717, 1.165) is 6.42 Å². The number of rotatable bonds is 4. The van der Waals surface area contributed by atoms with E-state index in [0.29, 0.717) is 19.5 Å². The van der Waals surface area contributed by atoms with Gasteiger partial charge in [0.15, 0.2) is 0 Å². The molecule has 0 spiro atoms. The number of hydrogen-bond donors (Lipinski definition) is 2. The first kappa shape index (κ1) is 16.5. The van der Waals surface area contributed by atoms with Gasteiger partial charge in [-0.25, -0.2) is 0 Å². The molecule has 3 amide bonds. The molecule has 2 N–H and O–H groups in total. The van der Waals surface area contributed by atoms with E-state index in [2.05, 4.69) is 10.6 Å². The molecule has 0 radical (unpaired) electrons. The number of carbonyl (C=O) groups excluding carboxylic acids is 3. The number of amides is 3. The molecule has 6 heteroatoms. The van der Waals surface area contributed by atoms with Crippen LogP contribution in [-0.4, -0.2) is 48.8 Å². The van der Waals surface area contributed by atoms with Crippen LogP contribution in [-0.2, 0) is 14.4 Å². The highest BCUT2D eigenvalue weighted by atomic mass is 16.2. The zero-order valence-electron chi connectivity index (χ0n) is 12.8. The maximum atomic E-state index is 12.3. The van der Waals surface area contributed by atoms with E-state index in [1.807, 2.05) is 20.8 Å². The van der Waals surface area contributed by atoms with E-state index >= 15 is 0 Å². The first-order valence-electron chi connectivity index (χ1n) is 7.06. The van der Waals surface area contributed by atoms with Crippen molar-refractivity contribution >= 4 is 17.7 Å². The largest absolute Gasteiger partial charge is 0.359 e. The molecule has 1 aliphatic rings. The molecule has 1 heterocycles. The van der Waals surface area contributed by atoms with Crippen molar-refractivity contribution in [2.45, 2.75) is 46.1 Å². The van der Waals surface area contributed by atoms with Crippen molar-refractivity contribution in [1.29, 1.82) is 0 Å². The van der Waals surface area contributed by atoms with Crippen LogP contribution in [0.15, 0.2) is 0 Å². The summed E-state index contributed by atoms with van der Waals surface area (Å²) in [6.45, 7) is 6.49. The molecular weight excluding hydrogens is 258 g/mol. The summed E-state index contributed by atoms with van der Waals surface area (Å²) in [5.74, 6) is -0.273. The minimum Gasteiger partial charge on any atom is -0.359 e. The highest BCUT2D eigenvalue weighted by molar-refractivity contribution is 5.90. The standard InChI is InChI=1S/C14H25N3O3/c1-14(2,3)13(20)17-9-5-6-10(17)12(19)16-8-7-11(18)15-4/h10H,5-9H2,1-4H3,(H,15,18)(H,16,19). The first-order valence-corrected chi connectivity index (χ1v) is 7.06. The van der Waals surface area contributed by atoms with E-state index in [9.17, 15) is 14.4 Å². The molecule has 0 bridgehead atoms. The van der Waals surface area contributed by atoms with Gasteiger partial charge in [-0.1, -0.05) is 20.8 Å². The molecule has 1 saturated heterocycles. The van der Waals surface area contributed by atoms with Crippen molar-refractivity contribution < 1.29 is 14.4 Å². The second-order valence-corrected chi connectivity index (χ2v) is 6.12. The van der Waals surface area contributed by atoms with Gasteiger partial charge in [-0.15, -0.1) is 0 Å². The molecule has 0 aromatic heterocycles. The predicted octanol–water partition coefficient (Wildman–Crippen LogP) is 0.276. The molecule has 0 aliphatic carbocycles. The quantitative estimate of drug-likeness (QED) is 0.777. The highest BCUT2D eigenvalue weighted by Crippen LogP contribution is 2.25. The van der Waals surface area contributed by atoms with Crippen molar-refractivity contribution in [3.63, 3.8) is 0 Å². The van der Waals surface area contributed by atoms with Crippen LogP contribution in [0.1, 0.15) is 40.0 Å². The lowest BCUT2D eigenvalue weighted by molar-refractivity contribution is -0.144. The predicted molar refractivity (Wildman–Crippen MR) is 75.9 cm³/mol. The Balaban J connectivity index is 2.54. The van der Waals surface area contributed by atoms with Crippen LogP contribution in [0.2, 0.25) is 0 Å². The minimum absolute atomic E-state index is 0.00134. The van der Waals surface area contributed by atoms with Crippen LogP contribution in [0, 0.1) is 5.41 Å². The van der Waals surface area contributed by atoms with Crippen molar-refractivity contribution in [3.05, 3.63) is 0 Å². The summed E-state index contributed by atoms with van der Waals surface area (Å²) in [6.07, 6.45) is 1.78. The molecular formula is C14H25N3O3. The lowest BCUT2D eigenvalue weighted by Gasteiger charge is -2.30. The van der Waals surface area contributed by atoms with Crippen LogP contribution >= 0.6 is 0 Å². The summed E-state index contributed by atoms with van der Waals surface area (Å²) < 4.78 is 0. The fourth-order valence-electron chi connectivity index (χ4n) is 2.26. The maximum Gasteiger partial charge on any atom is 0.242 e. The summed E-state index contributed by atoms with van der Waals surface area (Å²) in [6, 6.07) is -0.397. The first-order chi connectivity index (χ1) is 9.27. The van der Waals surface area contributed by atoms with Crippen molar-refractivity contribution in [1.82, 2.24) is 15.5 Å². The third-order valence-electron chi connectivity index (χ3n) is 3.39. The Morgan fingerprint density at radius 3 is 2.45 bits per heavy atom. The lowest BCUT2D eigenvalue weighted by atomic mass is 9.94. The molecule has 114 valence electrons.